The molecule has 0 amide bonds. The third kappa shape index (κ3) is 2.99. The van der Waals surface area contributed by atoms with Gasteiger partial charge < -0.3 is 4.74 Å². The van der Waals surface area contributed by atoms with Crippen molar-refractivity contribution in [2.24, 2.45) is 0 Å². The summed E-state index contributed by atoms with van der Waals surface area (Å²) in [5, 5.41) is 0.574. The van der Waals surface area contributed by atoms with Gasteiger partial charge in [-0.05, 0) is 30.0 Å². The Kier molecular flexibility index (Phi) is 4.36. The van der Waals surface area contributed by atoms with E-state index < -0.39 is 0 Å². The van der Waals surface area contributed by atoms with Gasteiger partial charge in [0.25, 0.3) is 0 Å². The van der Waals surface area contributed by atoms with Gasteiger partial charge in [-0.25, -0.2) is 0 Å². The molecule has 88 valence electrons. The molecule has 0 radical (unpaired) electrons. The van der Waals surface area contributed by atoms with Crippen molar-refractivity contribution in [3.05, 3.63) is 28.3 Å². The second-order valence-corrected chi connectivity index (χ2v) is 4.64. The monoisotopic (exact) mass is 240 g/mol. The Morgan fingerprint density at radius 2 is 2.06 bits per heavy atom. The number of methoxy groups -OCH3 is 1. The van der Waals surface area contributed by atoms with Crippen LogP contribution in [0.1, 0.15) is 37.8 Å². The van der Waals surface area contributed by atoms with Crippen molar-refractivity contribution in [2.45, 2.75) is 33.1 Å². The van der Waals surface area contributed by atoms with Gasteiger partial charge in [-0.2, -0.15) is 0 Å². The molecule has 0 saturated carbocycles. The maximum absolute atomic E-state index is 11.1. The average molecular weight is 241 g/mol. The third-order valence-electron chi connectivity index (χ3n) is 2.41. The lowest BCUT2D eigenvalue weighted by Crippen LogP contribution is -2.01. The second kappa shape index (κ2) is 5.35. The van der Waals surface area contributed by atoms with Crippen LogP contribution in [0.15, 0.2) is 12.1 Å². The molecular weight excluding hydrogens is 224 g/mol. The van der Waals surface area contributed by atoms with Gasteiger partial charge in [-0.15, -0.1) is 0 Å². The van der Waals surface area contributed by atoms with Crippen LogP contribution in [0.2, 0.25) is 5.02 Å². The summed E-state index contributed by atoms with van der Waals surface area (Å²) in [5.74, 6) is 1.17. The quantitative estimate of drug-likeness (QED) is 0.804. The van der Waals surface area contributed by atoms with Gasteiger partial charge in [0.05, 0.1) is 12.1 Å². The van der Waals surface area contributed by atoms with Gasteiger partial charge in [0.15, 0.2) is 0 Å². The minimum atomic E-state index is 0.135. The van der Waals surface area contributed by atoms with Gasteiger partial charge >= 0.3 is 0 Å². The Morgan fingerprint density at radius 3 is 2.50 bits per heavy atom. The summed E-state index contributed by atoms with van der Waals surface area (Å²) < 4.78 is 5.28. The van der Waals surface area contributed by atoms with Crippen LogP contribution in [-0.2, 0) is 11.2 Å². The highest BCUT2D eigenvalue weighted by Gasteiger charge is 2.13. The minimum absolute atomic E-state index is 0.135. The number of carbonyl (C=O) groups is 1. The van der Waals surface area contributed by atoms with E-state index in [4.69, 9.17) is 16.3 Å². The third-order valence-corrected chi connectivity index (χ3v) is 2.69. The standard InChI is InChI=1S/C13H17ClO2/c1-8(2)11-6-10(5-9(3)15)7-12(14)13(11)16-4/h6-8H,5H2,1-4H3. The molecule has 0 aliphatic heterocycles. The first-order valence-electron chi connectivity index (χ1n) is 5.31. The molecular formula is C13H17ClO2. The fourth-order valence-corrected chi connectivity index (χ4v) is 2.03. The lowest BCUT2D eigenvalue weighted by Gasteiger charge is -2.15. The van der Waals surface area contributed by atoms with E-state index in [0.717, 1.165) is 11.1 Å². The number of ether oxygens (including phenoxy) is 1. The predicted molar refractivity (Wildman–Crippen MR) is 66.5 cm³/mol. The molecule has 1 aromatic carbocycles. The first-order chi connectivity index (χ1) is 7.45. The van der Waals surface area contributed by atoms with Crippen LogP contribution in [0.4, 0.5) is 0 Å². The number of ketones is 1. The van der Waals surface area contributed by atoms with E-state index in [0.29, 0.717) is 23.1 Å². The zero-order valence-corrected chi connectivity index (χ0v) is 10.9. The molecule has 0 heterocycles. The molecule has 0 bridgehead atoms. The minimum Gasteiger partial charge on any atom is -0.495 e. The molecule has 0 aliphatic carbocycles. The van der Waals surface area contributed by atoms with Crippen LogP contribution in [0.25, 0.3) is 0 Å². The molecule has 0 N–H and O–H groups in total. The molecule has 0 aromatic heterocycles. The largest absolute Gasteiger partial charge is 0.495 e. The number of hydrogen-bond donors (Lipinski definition) is 0. The molecule has 0 unspecified atom stereocenters. The van der Waals surface area contributed by atoms with E-state index in [1.54, 1.807) is 20.1 Å². The summed E-state index contributed by atoms with van der Waals surface area (Å²) in [6, 6.07) is 3.80. The van der Waals surface area contributed by atoms with Crippen LogP contribution in [0, 0.1) is 0 Å². The van der Waals surface area contributed by atoms with Crippen LogP contribution >= 0.6 is 11.6 Å². The Hall–Kier alpha value is -1.02. The molecule has 1 aromatic rings. The maximum atomic E-state index is 11.1. The van der Waals surface area contributed by atoms with E-state index in [-0.39, 0.29) is 5.78 Å². The summed E-state index contributed by atoms with van der Waals surface area (Å²) in [4.78, 5) is 11.1. The van der Waals surface area contributed by atoms with E-state index in [1.165, 1.54) is 0 Å². The molecule has 2 nitrogen and oxygen atoms in total. The van der Waals surface area contributed by atoms with Crippen molar-refractivity contribution in [3.63, 3.8) is 0 Å². The fourth-order valence-electron chi connectivity index (χ4n) is 1.71. The number of hydrogen-bond acceptors (Lipinski definition) is 2. The van der Waals surface area contributed by atoms with Crippen LogP contribution in [0.5, 0.6) is 5.75 Å². The molecule has 0 saturated heterocycles. The van der Waals surface area contributed by atoms with Gasteiger partial charge in [0.1, 0.15) is 11.5 Å². The SMILES string of the molecule is COc1c(Cl)cc(CC(C)=O)cc1C(C)C. The molecule has 1 rings (SSSR count). The van der Waals surface area contributed by atoms with Crippen molar-refractivity contribution in [1.82, 2.24) is 0 Å². The Morgan fingerprint density at radius 1 is 1.44 bits per heavy atom. The van der Waals surface area contributed by atoms with Crippen LogP contribution < -0.4 is 4.74 Å². The summed E-state index contributed by atoms with van der Waals surface area (Å²) in [6.45, 7) is 5.73. The van der Waals surface area contributed by atoms with E-state index in [1.807, 2.05) is 6.07 Å². The molecule has 0 atom stereocenters. The number of benzene rings is 1. The average Bonchev–Trinajstić information content (AvgIpc) is 2.15. The van der Waals surface area contributed by atoms with Crippen molar-refractivity contribution < 1.29 is 9.53 Å². The summed E-state index contributed by atoms with van der Waals surface area (Å²) in [6.07, 6.45) is 0.420. The van der Waals surface area contributed by atoms with Gasteiger partial charge in [0.2, 0.25) is 0 Å². The molecule has 3 heteroatoms. The Balaban J connectivity index is 3.22. The summed E-state index contributed by atoms with van der Waals surface area (Å²) in [5.41, 5.74) is 1.99. The highest BCUT2D eigenvalue weighted by atomic mass is 35.5. The lowest BCUT2D eigenvalue weighted by molar-refractivity contribution is -0.116. The van der Waals surface area contributed by atoms with Crippen molar-refractivity contribution in [2.75, 3.05) is 7.11 Å². The van der Waals surface area contributed by atoms with Gasteiger partial charge in [-0.3, -0.25) is 4.79 Å². The second-order valence-electron chi connectivity index (χ2n) is 4.23. The van der Waals surface area contributed by atoms with Crippen LogP contribution in [-0.4, -0.2) is 12.9 Å². The molecule has 0 aliphatic rings. The Bertz CT molecular complexity index is 397. The number of halogens is 1. The van der Waals surface area contributed by atoms with Gasteiger partial charge in [-0.1, -0.05) is 31.5 Å². The van der Waals surface area contributed by atoms with Crippen LogP contribution in [0.3, 0.4) is 0 Å². The van der Waals surface area contributed by atoms with E-state index in [2.05, 4.69) is 13.8 Å². The van der Waals surface area contributed by atoms with Crippen molar-refractivity contribution in [3.8, 4) is 5.75 Å². The summed E-state index contributed by atoms with van der Waals surface area (Å²) in [7, 11) is 1.61. The number of Topliss-reactive ketones (excluding diaryl/α,β-unsaturated/α-hetero) is 1. The van der Waals surface area contributed by atoms with Gasteiger partial charge in [0, 0.05) is 6.42 Å². The smallest absolute Gasteiger partial charge is 0.140 e. The van der Waals surface area contributed by atoms with E-state index in [9.17, 15) is 4.79 Å². The fraction of sp³-hybridized carbons (Fsp3) is 0.462. The van der Waals surface area contributed by atoms with Crippen molar-refractivity contribution >= 4 is 17.4 Å². The molecule has 0 spiro atoms. The molecule has 16 heavy (non-hydrogen) atoms. The Labute approximate surface area is 102 Å². The first-order valence-corrected chi connectivity index (χ1v) is 5.69. The zero-order chi connectivity index (χ0) is 12.3. The number of carbonyl (C=O) groups excluding carboxylic acids is 1. The highest BCUT2D eigenvalue weighted by molar-refractivity contribution is 6.32. The topological polar surface area (TPSA) is 26.3 Å². The van der Waals surface area contributed by atoms with Crippen molar-refractivity contribution in [1.29, 1.82) is 0 Å². The van der Waals surface area contributed by atoms with E-state index >= 15 is 0 Å². The first kappa shape index (κ1) is 13.0. The normalized spacial score (nSPS) is 10.6. The predicted octanol–water partition coefficient (Wildman–Crippen LogP) is 3.60. The maximum Gasteiger partial charge on any atom is 0.140 e. The summed E-state index contributed by atoms with van der Waals surface area (Å²) >= 11 is 6.13. The number of rotatable bonds is 4. The lowest BCUT2D eigenvalue weighted by atomic mass is 9.97. The molecule has 0 fully saturated rings. The zero-order valence-electron chi connectivity index (χ0n) is 10.1. The highest BCUT2D eigenvalue weighted by Crippen LogP contribution is 2.34.